The maximum Gasteiger partial charge on any atom is 0.167 e. The molecule has 10 aromatic rings. The summed E-state index contributed by atoms with van der Waals surface area (Å²) in [5.74, 6) is 1.80. The van der Waals surface area contributed by atoms with E-state index < -0.39 is 0 Å². The van der Waals surface area contributed by atoms with E-state index in [1.165, 1.54) is 81.9 Å². The Kier molecular flexibility index (Phi) is 10.1. The molecule has 0 N–H and O–H groups in total. The van der Waals surface area contributed by atoms with Crippen LogP contribution in [0.4, 0.5) is 0 Å². The molecule has 10 rings (SSSR count). The van der Waals surface area contributed by atoms with Gasteiger partial charge < -0.3 is 8.83 Å². The quantitative estimate of drug-likeness (QED) is 0.162. The molecule has 0 saturated heterocycles. The van der Waals surface area contributed by atoms with Crippen molar-refractivity contribution in [1.29, 1.82) is 0 Å². The van der Waals surface area contributed by atoms with Crippen molar-refractivity contribution in [2.75, 3.05) is 0 Å². The second-order valence-corrected chi connectivity index (χ2v) is 18.4. The highest BCUT2D eigenvalue weighted by atomic mass is 16.3. The van der Waals surface area contributed by atoms with Crippen LogP contribution in [-0.2, 0) is 0 Å². The lowest BCUT2D eigenvalue weighted by atomic mass is 9.64. The number of hydrogen-bond acceptors (Lipinski definition) is 5. The molecule has 0 bridgehead atoms. The van der Waals surface area contributed by atoms with Crippen LogP contribution in [0.3, 0.4) is 0 Å². The number of furan rings is 2. The van der Waals surface area contributed by atoms with Gasteiger partial charge in [0, 0.05) is 32.7 Å². The lowest BCUT2D eigenvalue weighted by Crippen LogP contribution is -2.48. The molecule has 0 aliphatic rings. The second kappa shape index (κ2) is 15.4. The normalized spacial score (nSPS) is 11.7. The number of aromatic nitrogens is 3. The minimum absolute atomic E-state index is 0.590. The largest absolute Gasteiger partial charge is 0.457 e. The molecule has 0 aliphatic heterocycles. The van der Waals surface area contributed by atoms with Crippen LogP contribution in [0.25, 0.3) is 100 Å². The van der Waals surface area contributed by atoms with Gasteiger partial charge in [-0.15, -0.1) is 10.9 Å². The topological polar surface area (TPSA) is 65.0 Å². The summed E-state index contributed by atoms with van der Waals surface area (Å²) in [6.07, 6.45) is 0. The molecule has 64 heavy (non-hydrogen) atoms. The lowest BCUT2D eigenvalue weighted by molar-refractivity contribution is 0.673. The van der Waals surface area contributed by atoms with E-state index in [0.29, 0.717) is 17.5 Å². The molecule has 5 nitrogen and oxygen atoms in total. The summed E-state index contributed by atoms with van der Waals surface area (Å²) in [5, 5.41) is 4.67. The Morgan fingerprint density at radius 3 is 1.17 bits per heavy atom. The predicted molar refractivity (Wildman–Crippen MR) is 316 cm³/mol. The fourth-order valence-corrected chi connectivity index (χ4v) is 10.4. The first-order chi connectivity index (χ1) is 30.6. The fraction of sp³-hybridized carbons (Fsp3) is 0. The average molecular weight is 807 g/mol. The maximum atomic E-state index is 7.08. The first-order valence-electron chi connectivity index (χ1n) is 22.5. The number of benzene rings is 7. The van der Waals surface area contributed by atoms with Crippen LogP contribution in [0.2, 0.25) is 0 Å². The molecular weight excluding hydrogens is 766 g/mol. The van der Waals surface area contributed by atoms with Crippen LogP contribution in [0, 0.1) is 0 Å². The summed E-state index contributed by atoms with van der Waals surface area (Å²) in [4.78, 5) is 16.3. The average Bonchev–Trinajstić information content (AvgIpc) is 3.92. The molecule has 0 saturated carbocycles. The first-order valence-corrected chi connectivity index (χ1v) is 22.5. The van der Waals surface area contributed by atoms with Gasteiger partial charge in [-0.3, -0.25) is 0 Å². The fourth-order valence-electron chi connectivity index (χ4n) is 10.4. The monoisotopic (exact) mass is 809 g/mol. The Labute approximate surface area is 387 Å². The molecule has 0 atom stereocenters. The molecule has 0 unspecified atom stereocenters. The van der Waals surface area contributed by atoms with Crippen molar-refractivity contribution < 1.29 is 8.83 Å². The minimum atomic E-state index is 0.590. The van der Waals surface area contributed by atoms with Crippen molar-refractivity contribution in [3.63, 3.8) is 0 Å². The van der Waals surface area contributed by atoms with E-state index in [2.05, 4.69) is 189 Å². The third-order valence-electron chi connectivity index (χ3n) is 15.3. The van der Waals surface area contributed by atoms with Crippen LogP contribution < -0.4 is 76.5 Å². The highest BCUT2D eigenvalue weighted by Gasteiger charge is 2.28. The van der Waals surface area contributed by atoms with Gasteiger partial charge >= 0.3 is 0 Å². The van der Waals surface area contributed by atoms with E-state index in [-0.39, 0.29) is 0 Å². The van der Waals surface area contributed by atoms with Gasteiger partial charge in [0.25, 0.3) is 0 Å². The molecule has 0 spiro atoms. The van der Waals surface area contributed by atoms with Crippen molar-refractivity contribution in [1.82, 2.24) is 15.0 Å². The zero-order valence-electron chi connectivity index (χ0n) is 39.7. The minimum Gasteiger partial charge on any atom is -0.457 e. The molecule has 0 radical (unpaired) electrons. The third-order valence-corrected chi connectivity index (χ3v) is 15.3. The Balaban J connectivity index is 1.25. The van der Waals surface area contributed by atoms with Gasteiger partial charge in [-0.2, -0.15) is 0 Å². The first kappa shape index (κ1) is 42.0. The highest BCUT2D eigenvalue weighted by molar-refractivity contribution is 6.71. The van der Waals surface area contributed by atoms with Crippen molar-refractivity contribution in [2.45, 2.75) is 0 Å². The van der Waals surface area contributed by atoms with E-state index in [9.17, 15) is 0 Å². The van der Waals surface area contributed by atoms with Crippen LogP contribution in [0.1, 0.15) is 0 Å². The standard InChI is InChI=1S/C45H41B14N3O2/c46-25-21-22-28(49)34(55)36(57)38(59)42(22)64-40(21)31(52)23(29(25)50)44-60-43(16-11-9-15(10-12-16)18-8-4-7-17(13-18)14-5-2-1-3-6-14)61-45(62-44)24-30(51)32(53)26(47)19-20-27(48)33(54)35(56)37(58)41(20)63-39(19)24/h1-13H,46-59H2. The molecule has 7 aromatic carbocycles. The summed E-state index contributed by atoms with van der Waals surface area (Å²) < 4.78 is 14.0. The van der Waals surface area contributed by atoms with Crippen molar-refractivity contribution in [2.24, 2.45) is 0 Å². The molecule has 3 aromatic heterocycles. The number of fused-ring (bicyclic) bond motifs is 6. The Morgan fingerprint density at radius 1 is 0.266 bits per heavy atom. The van der Waals surface area contributed by atoms with Gasteiger partial charge in [0.1, 0.15) is 132 Å². The summed E-state index contributed by atoms with van der Waals surface area (Å²) in [6.45, 7) is 0. The predicted octanol–water partition coefficient (Wildman–Crippen LogP) is -12.4. The van der Waals surface area contributed by atoms with Crippen molar-refractivity contribution in [3.05, 3.63) is 78.9 Å². The van der Waals surface area contributed by atoms with E-state index in [1.54, 1.807) is 0 Å². The van der Waals surface area contributed by atoms with E-state index >= 15 is 0 Å². The lowest BCUT2D eigenvalue weighted by Gasteiger charge is -2.18. The molecule has 3 heterocycles. The molecule has 19 heteroatoms. The number of hydrogen-bond donors (Lipinski definition) is 0. The summed E-state index contributed by atoms with van der Waals surface area (Å²) in [5.41, 5.74) is 27.8. The molecular formula is C45H41B14N3O2. The molecule has 0 aliphatic carbocycles. The van der Waals surface area contributed by atoms with Crippen LogP contribution in [-0.4, -0.2) is 125 Å². The highest BCUT2D eigenvalue weighted by Crippen LogP contribution is 2.34. The van der Waals surface area contributed by atoms with Crippen LogP contribution >= 0.6 is 0 Å². The van der Waals surface area contributed by atoms with Crippen molar-refractivity contribution in [3.8, 4) is 56.4 Å². The summed E-state index contributed by atoms with van der Waals surface area (Å²) >= 11 is 0. The van der Waals surface area contributed by atoms with Gasteiger partial charge in [0.05, 0.1) is 5.56 Å². The van der Waals surface area contributed by atoms with Gasteiger partial charge in [0.15, 0.2) is 17.5 Å². The van der Waals surface area contributed by atoms with Gasteiger partial charge in [-0.05, 0) is 33.8 Å². The second-order valence-electron chi connectivity index (χ2n) is 18.4. The number of rotatable bonds is 5. The smallest absolute Gasteiger partial charge is 0.167 e. The number of nitrogens with zero attached hydrogens (tertiary/aromatic N) is 3. The summed E-state index contributed by atoms with van der Waals surface area (Å²) in [7, 11) is 30.8. The van der Waals surface area contributed by atoms with Gasteiger partial charge in [-0.1, -0.05) is 133 Å². The maximum absolute atomic E-state index is 7.08. The molecule has 0 fully saturated rings. The zero-order valence-corrected chi connectivity index (χ0v) is 39.7. The summed E-state index contributed by atoms with van der Waals surface area (Å²) in [6, 6.07) is 27.9. The Bertz CT molecular complexity index is 3670. The van der Waals surface area contributed by atoms with Gasteiger partial charge in [-0.25, -0.2) is 15.0 Å². The van der Waals surface area contributed by atoms with Gasteiger partial charge in [0.2, 0.25) is 0 Å². The van der Waals surface area contributed by atoms with E-state index in [1.807, 2.05) is 0 Å². The zero-order chi connectivity index (χ0) is 45.2. The third kappa shape index (κ3) is 6.16. The van der Waals surface area contributed by atoms with E-state index in [0.717, 1.165) is 77.4 Å². The Morgan fingerprint density at radius 2 is 0.625 bits per heavy atom. The van der Waals surface area contributed by atoms with Crippen molar-refractivity contribution >= 4 is 230 Å². The Hall–Kier alpha value is -5.94. The molecule has 0 amide bonds. The molecule has 290 valence electrons. The van der Waals surface area contributed by atoms with Crippen LogP contribution in [0.15, 0.2) is 87.7 Å². The van der Waals surface area contributed by atoms with Crippen LogP contribution in [0.5, 0.6) is 0 Å². The van der Waals surface area contributed by atoms with E-state index in [4.69, 9.17) is 23.8 Å². The SMILES string of the molecule is Bc1c(B)c(B)c2c(oc3c(B)c(-c4nc(-c5ccc(-c6cccc(-c7ccccc7)c6)cc5)nc(-c5c(B)c(B)c(B)c6c5oc5c(B)c(B)c(B)c(B)c56)n4)c(B)c(B)c32)c1B.